The van der Waals surface area contributed by atoms with Crippen molar-refractivity contribution in [1.29, 1.82) is 0 Å². The predicted octanol–water partition coefficient (Wildman–Crippen LogP) is -3.54. The number of aliphatic hydroxyl groups is 4. The van der Waals surface area contributed by atoms with E-state index in [2.05, 4.69) is 5.32 Å². The van der Waals surface area contributed by atoms with Gasteiger partial charge in [0.05, 0.1) is 13.2 Å². The second kappa shape index (κ2) is 5.53. The first-order valence-corrected chi connectivity index (χ1v) is 4.73. The second-order valence-electron chi connectivity index (χ2n) is 3.53. The molecule has 1 aliphatic heterocycles. The van der Waals surface area contributed by atoms with Gasteiger partial charge in [0.15, 0.2) is 0 Å². The van der Waals surface area contributed by atoms with Crippen molar-refractivity contribution >= 4 is 5.97 Å². The number of hydrogen-bond donors (Lipinski definition) is 6. The average molecular weight is 237 g/mol. The van der Waals surface area contributed by atoms with Crippen LogP contribution in [0.1, 0.15) is 0 Å². The van der Waals surface area contributed by atoms with Gasteiger partial charge in [0.1, 0.15) is 30.6 Å². The van der Waals surface area contributed by atoms with E-state index in [-0.39, 0.29) is 0 Å². The van der Waals surface area contributed by atoms with E-state index < -0.39 is 49.8 Å². The van der Waals surface area contributed by atoms with Gasteiger partial charge < -0.3 is 30.3 Å². The minimum absolute atomic E-state index is 0.448. The van der Waals surface area contributed by atoms with Crippen molar-refractivity contribution in [2.24, 2.45) is 0 Å². The topological polar surface area (TPSA) is 139 Å². The average Bonchev–Trinajstić information content (AvgIpc) is 2.52. The van der Waals surface area contributed by atoms with Crippen LogP contribution >= 0.6 is 0 Å². The number of aliphatic carboxylic acids is 1. The molecule has 8 heteroatoms. The number of ether oxygens (including phenoxy) is 1. The highest BCUT2D eigenvalue weighted by Gasteiger charge is 2.45. The monoisotopic (exact) mass is 237 g/mol. The maximum Gasteiger partial charge on any atom is 0.317 e. The highest BCUT2D eigenvalue weighted by atomic mass is 16.6. The standard InChI is InChI=1S/C8H15NO7/c10-2-3(11)7-5(14)6(15)8(16-7)9-1-4(12)13/h3,5-11,14-15H,1-2H2,(H,12,13). The van der Waals surface area contributed by atoms with E-state index in [0.717, 1.165) is 0 Å². The molecular weight excluding hydrogens is 222 g/mol. The minimum Gasteiger partial charge on any atom is -0.480 e. The molecule has 0 spiro atoms. The van der Waals surface area contributed by atoms with Crippen LogP contribution in [0.5, 0.6) is 0 Å². The van der Waals surface area contributed by atoms with Gasteiger partial charge in [-0.3, -0.25) is 10.1 Å². The maximum atomic E-state index is 10.3. The Labute approximate surface area is 91.1 Å². The fraction of sp³-hybridized carbons (Fsp3) is 0.875. The van der Waals surface area contributed by atoms with Crippen LogP contribution in [0.15, 0.2) is 0 Å². The van der Waals surface area contributed by atoms with Crippen LogP contribution < -0.4 is 5.32 Å². The van der Waals surface area contributed by atoms with Gasteiger partial charge in [-0.05, 0) is 0 Å². The molecule has 1 saturated heterocycles. The van der Waals surface area contributed by atoms with E-state index in [1.54, 1.807) is 0 Å². The molecule has 94 valence electrons. The van der Waals surface area contributed by atoms with E-state index in [0.29, 0.717) is 0 Å². The van der Waals surface area contributed by atoms with Gasteiger partial charge >= 0.3 is 5.97 Å². The van der Waals surface area contributed by atoms with E-state index in [4.69, 9.17) is 14.9 Å². The summed E-state index contributed by atoms with van der Waals surface area (Å²) < 4.78 is 5.00. The van der Waals surface area contributed by atoms with Gasteiger partial charge in [-0.2, -0.15) is 0 Å². The van der Waals surface area contributed by atoms with Crippen LogP contribution in [-0.2, 0) is 9.53 Å². The molecule has 16 heavy (non-hydrogen) atoms. The van der Waals surface area contributed by atoms with Crippen LogP contribution in [0.3, 0.4) is 0 Å². The second-order valence-corrected chi connectivity index (χ2v) is 3.53. The molecule has 0 aromatic carbocycles. The summed E-state index contributed by atoms with van der Waals surface area (Å²) >= 11 is 0. The highest BCUT2D eigenvalue weighted by Crippen LogP contribution is 2.22. The highest BCUT2D eigenvalue weighted by molar-refractivity contribution is 5.69. The summed E-state index contributed by atoms with van der Waals surface area (Å²) in [6.45, 7) is -1.07. The summed E-state index contributed by atoms with van der Waals surface area (Å²) in [6, 6.07) is 0. The molecule has 1 rings (SSSR count). The van der Waals surface area contributed by atoms with Gasteiger partial charge in [0.25, 0.3) is 0 Å². The first kappa shape index (κ1) is 13.3. The lowest BCUT2D eigenvalue weighted by atomic mass is 10.1. The lowest BCUT2D eigenvalue weighted by molar-refractivity contribution is -0.137. The molecule has 6 N–H and O–H groups in total. The third-order valence-corrected chi connectivity index (χ3v) is 2.32. The molecule has 0 radical (unpaired) electrons. The number of carboxylic acid groups (broad SMARTS) is 1. The molecule has 5 unspecified atom stereocenters. The van der Waals surface area contributed by atoms with Gasteiger partial charge in [-0.25, -0.2) is 0 Å². The molecule has 5 atom stereocenters. The zero-order chi connectivity index (χ0) is 12.3. The maximum absolute atomic E-state index is 10.3. The first-order chi connectivity index (χ1) is 7.47. The van der Waals surface area contributed by atoms with Gasteiger partial charge in [0.2, 0.25) is 0 Å². The Morgan fingerprint density at radius 2 is 2.00 bits per heavy atom. The minimum atomic E-state index is -1.38. The third kappa shape index (κ3) is 2.88. The molecule has 0 amide bonds. The zero-order valence-electron chi connectivity index (χ0n) is 8.35. The van der Waals surface area contributed by atoms with Crippen molar-refractivity contribution in [3.8, 4) is 0 Å². The molecule has 8 nitrogen and oxygen atoms in total. The molecule has 0 aromatic heterocycles. The van der Waals surface area contributed by atoms with Crippen molar-refractivity contribution in [1.82, 2.24) is 5.32 Å². The Morgan fingerprint density at radius 1 is 1.38 bits per heavy atom. The van der Waals surface area contributed by atoms with E-state index >= 15 is 0 Å². The van der Waals surface area contributed by atoms with E-state index in [1.807, 2.05) is 0 Å². The molecular formula is C8H15NO7. The van der Waals surface area contributed by atoms with Crippen LogP contribution in [0, 0.1) is 0 Å². The molecule has 1 fully saturated rings. The summed E-state index contributed by atoms with van der Waals surface area (Å²) in [4.78, 5) is 10.3. The number of aliphatic hydroxyl groups excluding tert-OH is 4. The van der Waals surface area contributed by atoms with Crippen LogP contribution in [0.4, 0.5) is 0 Å². The smallest absolute Gasteiger partial charge is 0.317 e. The molecule has 1 aliphatic rings. The first-order valence-electron chi connectivity index (χ1n) is 4.73. The fourth-order valence-electron chi connectivity index (χ4n) is 1.48. The Morgan fingerprint density at radius 3 is 2.50 bits per heavy atom. The number of rotatable bonds is 5. The molecule has 1 heterocycles. The Kier molecular flexibility index (Phi) is 4.59. The lowest BCUT2D eigenvalue weighted by Gasteiger charge is -2.18. The Balaban J connectivity index is 2.53. The van der Waals surface area contributed by atoms with Crippen LogP contribution in [0.2, 0.25) is 0 Å². The van der Waals surface area contributed by atoms with Gasteiger partial charge in [-0.1, -0.05) is 0 Å². The van der Waals surface area contributed by atoms with Gasteiger partial charge in [-0.15, -0.1) is 0 Å². The summed E-state index contributed by atoms with van der Waals surface area (Å²) in [5.74, 6) is -1.14. The summed E-state index contributed by atoms with van der Waals surface area (Å²) in [5.41, 5.74) is 0. The number of carboxylic acids is 1. The number of nitrogens with one attached hydrogen (secondary N) is 1. The molecule has 0 aliphatic carbocycles. The van der Waals surface area contributed by atoms with Crippen molar-refractivity contribution in [2.45, 2.75) is 30.6 Å². The largest absolute Gasteiger partial charge is 0.480 e. The summed E-state index contributed by atoms with van der Waals surface area (Å²) in [5, 5.41) is 47.6. The summed E-state index contributed by atoms with van der Waals surface area (Å²) in [7, 11) is 0. The third-order valence-electron chi connectivity index (χ3n) is 2.32. The SMILES string of the molecule is O=C(O)CNC1OC(C(O)CO)C(O)C1O. The van der Waals surface area contributed by atoms with Crippen molar-refractivity contribution in [3.05, 3.63) is 0 Å². The Bertz CT molecular complexity index is 249. The molecule has 0 bridgehead atoms. The fourth-order valence-corrected chi connectivity index (χ4v) is 1.48. The normalized spacial score (nSPS) is 36.2. The van der Waals surface area contributed by atoms with E-state index in [1.165, 1.54) is 0 Å². The predicted molar refractivity (Wildman–Crippen MR) is 49.4 cm³/mol. The number of carbonyl (C=O) groups is 1. The van der Waals surface area contributed by atoms with Crippen molar-refractivity contribution in [2.75, 3.05) is 13.2 Å². The van der Waals surface area contributed by atoms with Crippen LogP contribution in [-0.4, -0.2) is 75.3 Å². The number of hydrogen-bond acceptors (Lipinski definition) is 7. The molecule has 0 saturated carbocycles. The van der Waals surface area contributed by atoms with Crippen molar-refractivity contribution in [3.63, 3.8) is 0 Å². The zero-order valence-corrected chi connectivity index (χ0v) is 8.35. The summed E-state index contributed by atoms with van der Waals surface area (Å²) in [6.07, 6.45) is -6.30. The van der Waals surface area contributed by atoms with E-state index in [9.17, 15) is 20.1 Å². The van der Waals surface area contributed by atoms with Crippen LogP contribution in [0.25, 0.3) is 0 Å². The van der Waals surface area contributed by atoms with Gasteiger partial charge in [0, 0.05) is 0 Å². The quantitative estimate of drug-likeness (QED) is 0.289. The Hall–Kier alpha value is -0.770. The molecule has 0 aromatic rings. The lowest BCUT2D eigenvalue weighted by Crippen LogP contribution is -2.43. The van der Waals surface area contributed by atoms with Crippen molar-refractivity contribution < 1.29 is 35.1 Å².